The van der Waals surface area contributed by atoms with Gasteiger partial charge in [-0.1, -0.05) is 43.7 Å². The fraction of sp³-hybridized carbons (Fsp3) is 0.238. The molecule has 1 aliphatic rings. The Kier molecular flexibility index (Phi) is 5.78. The van der Waals surface area contributed by atoms with Gasteiger partial charge in [-0.15, -0.1) is 0 Å². The topological polar surface area (TPSA) is 46.6 Å². The second-order valence-corrected chi connectivity index (χ2v) is 7.02. The molecule has 3 rings (SSSR count). The van der Waals surface area contributed by atoms with Crippen LogP contribution < -0.4 is 9.64 Å². The number of hydrogen-bond donors (Lipinski definition) is 0. The van der Waals surface area contributed by atoms with E-state index in [1.165, 1.54) is 10.5 Å². The molecule has 4 nitrogen and oxygen atoms in total. The van der Waals surface area contributed by atoms with E-state index in [0.717, 1.165) is 36.6 Å². The van der Waals surface area contributed by atoms with Crippen LogP contribution in [0.2, 0.25) is 0 Å². The zero-order valence-electron chi connectivity index (χ0n) is 14.9. The summed E-state index contributed by atoms with van der Waals surface area (Å²) in [6.07, 6.45) is 4.98. The smallest absolute Gasteiger partial charge is 0.298 e. The Bertz CT molecular complexity index is 843. The molecule has 0 aliphatic carbocycles. The second-order valence-electron chi connectivity index (χ2n) is 6.03. The van der Waals surface area contributed by atoms with Gasteiger partial charge in [0.1, 0.15) is 5.75 Å². The molecule has 0 saturated carbocycles. The first-order chi connectivity index (χ1) is 12.6. The van der Waals surface area contributed by atoms with Gasteiger partial charge in [0.25, 0.3) is 11.1 Å². The first-order valence-corrected chi connectivity index (χ1v) is 9.45. The minimum atomic E-state index is -0.299. The highest BCUT2D eigenvalue weighted by atomic mass is 32.2. The minimum absolute atomic E-state index is 0.280. The normalized spacial score (nSPS) is 15.8. The van der Waals surface area contributed by atoms with Crippen molar-refractivity contribution in [3.63, 3.8) is 0 Å². The van der Waals surface area contributed by atoms with Crippen molar-refractivity contribution in [1.82, 2.24) is 0 Å². The number of imide groups is 1. The number of thioether (sulfide) groups is 1. The molecule has 0 atom stereocenters. The Morgan fingerprint density at radius 3 is 2.50 bits per heavy atom. The number of methoxy groups -OCH3 is 1. The zero-order valence-corrected chi connectivity index (χ0v) is 15.7. The molecule has 134 valence electrons. The summed E-state index contributed by atoms with van der Waals surface area (Å²) in [5.41, 5.74) is 2.60. The van der Waals surface area contributed by atoms with Gasteiger partial charge in [0, 0.05) is 5.56 Å². The predicted octanol–water partition coefficient (Wildman–Crippen LogP) is 5.28. The molecule has 1 saturated heterocycles. The molecular weight excluding hydrogens is 346 g/mol. The van der Waals surface area contributed by atoms with Gasteiger partial charge >= 0.3 is 0 Å². The van der Waals surface area contributed by atoms with Gasteiger partial charge in [-0.3, -0.25) is 9.59 Å². The number of anilines is 1. The largest absolute Gasteiger partial charge is 0.496 e. The van der Waals surface area contributed by atoms with Gasteiger partial charge in [-0.2, -0.15) is 0 Å². The standard InChI is InChI=1S/C21H21NO3S/c1-3-4-7-15-10-12-17(13-11-15)22-20(23)19(26-21(22)24)14-16-8-5-6-9-18(16)25-2/h5-6,8-14H,3-4,7H2,1-2H3/b19-14-. The van der Waals surface area contributed by atoms with Gasteiger partial charge in [-0.05, 0) is 54.4 Å². The minimum Gasteiger partial charge on any atom is -0.496 e. The molecule has 0 unspecified atom stereocenters. The van der Waals surface area contributed by atoms with Crippen molar-refractivity contribution in [2.75, 3.05) is 12.0 Å². The molecule has 2 aromatic rings. The van der Waals surface area contributed by atoms with Gasteiger partial charge in [0.2, 0.25) is 0 Å². The summed E-state index contributed by atoms with van der Waals surface area (Å²) in [5.74, 6) is 0.367. The highest BCUT2D eigenvalue weighted by molar-refractivity contribution is 8.19. The maximum atomic E-state index is 12.8. The average molecular weight is 367 g/mol. The third kappa shape index (κ3) is 3.83. The Morgan fingerprint density at radius 1 is 1.08 bits per heavy atom. The van der Waals surface area contributed by atoms with Crippen LogP contribution in [0.25, 0.3) is 6.08 Å². The third-order valence-corrected chi connectivity index (χ3v) is 5.10. The molecule has 5 heteroatoms. The Labute approximate surface area is 157 Å². The molecule has 26 heavy (non-hydrogen) atoms. The SMILES string of the molecule is CCCCc1ccc(N2C(=O)S/C(=C\c3ccccc3OC)C2=O)cc1. The van der Waals surface area contributed by atoms with E-state index in [1.807, 2.05) is 48.5 Å². The number of hydrogen-bond acceptors (Lipinski definition) is 4. The molecule has 0 aromatic heterocycles. The molecule has 0 spiro atoms. The summed E-state index contributed by atoms with van der Waals surface area (Å²) in [7, 11) is 1.58. The van der Waals surface area contributed by atoms with Crippen LogP contribution in [0.1, 0.15) is 30.9 Å². The number of unbranched alkanes of at least 4 members (excludes halogenated alkanes) is 1. The Hall–Kier alpha value is -2.53. The van der Waals surface area contributed by atoms with Crippen LogP contribution in [0.3, 0.4) is 0 Å². The second kappa shape index (κ2) is 8.23. The fourth-order valence-corrected chi connectivity index (χ4v) is 3.64. The number of nitrogens with zero attached hydrogens (tertiary/aromatic N) is 1. The van der Waals surface area contributed by atoms with Crippen LogP contribution in [-0.2, 0) is 11.2 Å². The van der Waals surface area contributed by atoms with Crippen LogP contribution in [-0.4, -0.2) is 18.3 Å². The molecule has 0 radical (unpaired) electrons. The van der Waals surface area contributed by atoms with E-state index in [-0.39, 0.29) is 11.1 Å². The molecule has 0 N–H and O–H groups in total. The van der Waals surface area contributed by atoms with Gasteiger partial charge < -0.3 is 4.74 Å². The third-order valence-electron chi connectivity index (χ3n) is 4.23. The van der Waals surface area contributed by atoms with Crippen molar-refractivity contribution in [2.24, 2.45) is 0 Å². The average Bonchev–Trinajstić information content (AvgIpc) is 2.94. The number of aryl methyl sites for hydroxylation is 1. The first-order valence-electron chi connectivity index (χ1n) is 8.64. The highest BCUT2D eigenvalue weighted by Gasteiger charge is 2.36. The maximum absolute atomic E-state index is 12.8. The summed E-state index contributed by atoms with van der Waals surface area (Å²) in [5, 5.41) is -0.280. The lowest BCUT2D eigenvalue weighted by atomic mass is 10.1. The van der Waals surface area contributed by atoms with Crippen molar-refractivity contribution in [3.05, 3.63) is 64.6 Å². The van der Waals surface area contributed by atoms with Crippen LogP contribution >= 0.6 is 11.8 Å². The summed E-state index contributed by atoms with van der Waals surface area (Å²) in [4.78, 5) is 26.8. The quantitative estimate of drug-likeness (QED) is 0.652. The van der Waals surface area contributed by atoms with E-state index in [0.29, 0.717) is 16.3 Å². The van der Waals surface area contributed by atoms with Gasteiger partial charge in [0.15, 0.2) is 0 Å². The van der Waals surface area contributed by atoms with Crippen LogP contribution in [0.5, 0.6) is 5.75 Å². The number of ether oxygens (including phenoxy) is 1. The number of benzene rings is 2. The van der Waals surface area contributed by atoms with Crippen LogP contribution in [0, 0.1) is 0 Å². The summed E-state index contributed by atoms with van der Waals surface area (Å²) in [6, 6.07) is 15.1. The molecule has 1 aliphatic heterocycles. The lowest BCUT2D eigenvalue weighted by Gasteiger charge is -2.13. The van der Waals surface area contributed by atoms with E-state index in [2.05, 4.69) is 6.92 Å². The molecule has 2 aromatic carbocycles. The monoisotopic (exact) mass is 367 g/mol. The molecule has 0 bridgehead atoms. The van der Waals surface area contributed by atoms with Crippen LogP contribution in [0.15, 0.2) is 53.4 Å². The number of amides is 2. The van der Waals surface area contributed by atoms with Crippen molar-refractivity contribution in [1.29, 1.82) is 0 Å². The lowest BCUT2D eigenvalue weighted by Crippen LogP contribution is -2.27. The lowest BCUT2D eigenvalue weighted by molar-refractivity contribution is -0.113. The molecular formula is C21H21NO3S. The molecule has 1 heterocycles. The molecule has 1 fully saturated rings. The fourth-order valence-electron chi connectivity index (χ4n) is 2.81. The molecule has 2 amide bonds. The number of carbonyl (C=O) groups is 2. The highest BCUT2D eigenvalue weighted by Crippen LogP contribution is 2.36. The number of carbonyl (C=O) groups excluding carboxylic acids is 2. The number of para-hydroxylation sites is 1. The van der Waals surface area contributed by atoms with Crippen molar-refractivity contribution in [3.8, 4) is 5.75 Å². The number of rotatable bonds is 6. The van der Waals surface area contributed by atoms with Crippen LogP contribution in [0.4, 0.5) is 10.5 Å². The van der Waals surface area contributed by atoms with E-state index in [4.69, 9.17) is 4.74 Å². The van der Waals surface area contributed by atoms with Gasteiger partial charge in [-0.25, -0.2) is 4.90 Å². The van der Waals surface area contributed by atoms with E-state index in [9.17, 15) is 9.59 Å². The maximum Gasteiger partial charge on any atom is 0.298 e. The van der Waals surface area contributed by atoms with Crippen molar-refractivity contribution in [2.45, 2.75) is 26.2 Å². The van der Waals surface area contributed by atoms with Gasteiger partial charge in [0.05, 0.1) is 17.7 Å². The zero-order chi connectivity index (χ0) is 18.5. The van der Waals surface area contributed by atoms with Crippen molar-refractivity contribution >= 4 is 34.7 Å². The Balaban J connectivity index is 1.84. The predicted molar refractivity (Wildman–Crippen MR) is 106 cm³/mol. The van der Waals surface area contributed by atoms with E-state index < -0.39 is 0 Å². The summed E-state index contributed by atoms with van der Waals surface area (Å²) in [6.45, 7) is 2.16. The summed E-state index contributed by atoms with van der Waals surface area (Å²) < 4.78 is 5.31. The van der Waals surface area contributed by atoms with E-state index in [1.54, 1.807) is 13.2 Å². The summed E-state index contributed by atoms with van der Waals surface area (Å²) >= 11 is 0.952. The first kappa shape index (κ1) is 18.3. The Morgan fingerprint density at radius 2 is 1.81 bits per heavy atom. The van der Waals surface area contributed by atoms with E-state index >= 15 is 0 Å². The van der Waals surface area contributed by atoms with Crippen molar-refractivity contribution < 1.29 is 14.3 Å².